The molecule has 2 unspecified atom stereocenters. The third-order valence-electron chi connectivity index (χ3n) is 7.46. The first-order chi connectivity index (χ1) is 13.0. The zero-order chi connectivity index (χ0) is 18.7. The molecule has 0 spiro atoms. The second-order valence-electron chi connectivity index (χ2n) is 9.43. The van der Waals surface area contributed by atoms with Crippen LogP contribution in [0.5, 0.6) is 0 Å². The molecular weight excluding hydrogens is 344 g/mol. The summed E-state index contributed by atoms with van der Waals surface area (Å²) >= 11 is 0. The van der Waals surface area contributed by atoms with E-state index in [4.69, 9.17) is 5.73 Å². The molecule has 3 saturated carbocycles. The van der Waals surface area contributed by atoms with Crippen LogP contribution in [0.25, 0.3) is 0 Å². The van der Waals surface area contributed by atoms with Crippen LogP contribution in [-0.2, 0) is 9.59 Å². The lowest BCUT2D eigenvalue weighted by Gasteiger charge is -2.33. The van der Waals surface area contributed by atoms with Crippen LogP contribution in [-0.4, -0.2) is 59.9 Å². The summed E-state index contributed by atoms with van der Waals surface area (Å²) in [5, 5.41) is 3.31. The van der Waals surface area contributed by atoms with E-state index in [-0.39, 0.29) is 29.7 Å². The number of likely N-dealkylation sites (tertiary alicyclic amines) is 2. The molecule has 4 amide bonds. The second kappa shape index (κ2) is 6.38. The van der Waals surface area contributed by atoms with Crippen molar-refractivity contribution in [3.63, 3.8) is 0 Å². The Morgan fingerprint density at radius 1 is 0.889 bits per heavy atom. The second-order valence-corrected chi connectivity index (χ2v) is 9.43. The molecule has 7 heteroatoms. The summed E-state index contributed by atoms with van der Waals surface area (Å²) in [5.41, 5.74) is 5.37. The molecule has 0 bridgehead atoms. The molecule has 27 heavy (non-hydrogen) atoms. The number of nitrogens with one attached hydrogen (secondary N) is 1. The quantitative estimate of drug-likeness (QED) is 0.745. The van der Waals surface area contributed by atoms with E-state index in [1.165, 1.54) is 25.7 Å². The highest BCUT2D eigenvalue weighted by atomic mass is 16.2. The maximum absolute atomic E-state index is 12.8. The molecule has 5 fully saturated rings. The van der Waals surface area contributed by atoms with Crippen LogP contribution in [0.4, 0.5) is 4.79 Å². The molecule has 3 aliphatic carbocycles. The van der Waals surface area contributed by atoms with Gasteiger partial charge in [0.1, 0.15) is 0 Å². The van der Waals surface area contributed by atoms with Crippen molar-refractivity contribution in [2.75, 3.05) is 26.2 Å². The van der Waals surface area contributed by atoms with E-state index in [9.17, 15) is 14.4 Å². The van der Waals surface area contributed by atoms with Gasteiger partial charge in [0.25, 0.3) is 0 Å². The molecule has 0 aromatic carbocycles. The van der Waals surface area contributed by atoms with Crippen molar-refractivity contribution in [3.8, 4) is 0 Å². The standard InChI is InChI=1S/C20H30N4O3/c21-20(27)23-7-1-2-13(8-23)19(26)24-9-14-15(10-24)17(14)22-18(25)16(11-3-4-11)12-5-6-12/h11-17H,1-10H2,(H2,21,27)(H,22,25)/t13?,14-,15+,17?. The fraction of sp³-hybridized carbons (Fsp3) is 0.850. The highest BCUT2D eigenvalue weighted by Gasteiger charge is 2.59. The van der Waals surface area contributed by atoms with Gasteiger partial charge in [-0.05, 0) is 50.4 Å². The van der Waals surface area contributed by atoms with Crippen LogP contribution in [0.15, 0.2) is 0 Å². The van der Waals surface area contributed by atoms with Gasteiger partial charge in [-0.2, -0.15) is 0 Å². The summed E-state index contributed by atoms with van der Waals surface area (Å²) < 4.78 is 0. The van der Waals surface area contributed by atoms with E-state index in [2.05, 4.69) is 5.32 Å². The summed E-state index contributed by atoms with van der Waals surface area (Å²) in [6.07, 6.45) is 6.55. The van der Waals surface area contributed by atoms with E-state index in [0.29, 0.717) is 36.8 Å². The number of hydrogen-bond donors (Lipinski definition) is 2. The minimum Gasteiger partial charge on any atom is -0.352 e. The summed E-state index contributed by atoms with van der Waals surface area (Å²) in [6, 6.07) is -0.157. The number of rotatable bonds is 5. The monoisotopic (exact) mass is 374 g/mol. The number of hydrogen-bond acceptors (Lipinski definition) is 3. The van der Waals surface area contributed by atoms with Crippen molar-refractivity contribution in [1.82, 2.24) is 15.1 Å². The average molecular weight is 374 g/mol. The van der Waals surface area contributed by atoms with Gasteiger partial charge in [-0.15, -0.1) is 0 Å². The van der Waals surface area contributed by atoms with E-state index in [1.54, 1.807) is 4.90 Å². The summed E-state index contributed by atoms with van der Waals surface area (Å²) in [6.45, 7) is 2.60. The Morgan fingerprint density at radius 3 is 2.07 bits per heavy atom. The zero-order valence-corrected chi connectivity index (χ0v) is 15.8. The van der Waals surface area contributed by atoms with Gasteiger partial charge in [-0.3, -0.25) is 9.59 Å². The Morgan fingerprint density at radius 2 is 1.52 bits per heavy atom. The summed E-state index contributed by atoms with van der Waals surface area (Å²) in [5.74, 6) is 2.69. The number of amides is 4. The van der Waals surface area contributed by atoms with Gasteiger partial charge < -0.3 is 20.9 Å². The Kier molecular flexibility index (Phi) is 4.09. The predicted octanol–water partition coefficient (Wildman–Crippen LogP) is 0.786. The first-order valence-electron chi connectivity index (χ1n) is 10.7. The van der Waals surface area contributed by atoms with Crippen LogP contribution in [0.3, 0.4) is 0 Å². The molecule has 3 N–H and O–H groups in total. The molecule has 0 radical (unpaired) electrons. The zero-order valence-electron chi connectivity index (χ0n) is 15.8. The van der Waals surface area contributed by atoms with Crippen molar-refractivity contribution < 1.29 is 14.4 Å². The third kappa shape index (κ3) is 3.29. The molecule has 148 valence electrons. The van der Waals surface area contributed by atoms with E-state index < -0.39 is 6.03 Å². The lowest BCUT2D eigenvalue weighted by Crippen LogP contribution is -2.49. The van der Waals surface area contributed by atoms with Crippen molar-refractivity contribution >= 4 is 17.8 Å². The number of piperidine rings is 2. The van der Waals surface area contributed by atoms with Crippen LogP contribution < -0.4 is 11.1 Å². The van der Waals surface area contributed by atoms with Gasteiger partial charge in [-0.25, -0.2) is 4.79 Å². The Hall–Kier alpha value is -1.79. The Bertz CT molecular complexity index is 636. The lowest BCUT2D eigenvalue weighted by atomic mass is 9.96. The van der Waals surface area contributed by atoms with E-state index in [1.807, 2.05) is 4.90 Å². The predicted molar refractivity (Wildman–Crippen MR) is 98.3 cm³/mol. The smallest absolute Gasteiger partial charge is 0.314 e. The highest BCUT2D eigenvalue weighted by molar-refractivity contribution is 5.82. The van der Waals surface area contributed by atoms with E-state index >= 15 is 0 Å². The maximum Gasteiger partial charge on any atom is 0.314 e. The largest absolute Gasteiger partial charge is 0.352 e. The van der Waals surface area contributed by atoms with Crippen LogP contribution in [0.2, 0.25) is 0 Å². The van der Waals surface area contributed by atoms with Gasteiger partial charge >= 0.3 is 6.03 Å². The number of primary amides is 1. The number of carbonyl (C=O) groups excluding carboxylic acids is 3. The first kappa shape index (κ1) is 17.3. The lowest BCUT2D eigenvalue weighted by molar-refractivity contribution is -0.136. The average Bonchev–Trinajstić information content (AvgIpc) is 3.59. The molecule has 7 nitrogen and oxygen atoms in total. The normalized spacial score (nSPS) is 35.1. The topological polar surface area (TPSA) is 95.7 Å². The SMILES string of the molecule is NC(=O)N1CCCC(C(=O)N2C[C@@H]3C(NC(=O)C(C4CC4)C4CC4)[C@@H]3C2)C1. The molecule has 0 aromatic heterocycles. The molecule has 2 aliphatic heterocycles. The number of nitrogens with zero attached hydrogens (tertiary/aromatic N) is 2. The number of urea groups is 1. The third-order valence-corrected chi connectivity index (χ3v) is 7.46. The number of nitrogens with two attached hydrogens (primary N) is 1. The van der Waals surface area contributed by atoms with Crippen molar-refractivity contribution in [1.29, 1.82) is 0 Å². The van der Waals surface area contributed by atoms with Gasteiger partial charge in [0, 0.05) is 50.0 Å². The molecule has 2 heterocycles. The van der Waals surface area contributed by atoms with Crippen LogP contribution in [0, 0.1) is 35.5 Å². The minimum atomic E-state index is -0.430. The van der Waals surface area contributed by atoms with Crippen molar-refractivity contribution in [3.05, 3.63) is 0 Å². The number of carbonyl (C=O) groups is 3. The van der Waals surface area contributed by atoms with Crippen LogP contribution >= 0.6 is 0 Å². The van der Waals surface area contributed by atoms with Gasteiger partial charge in [0.2, 0.25) is 11.8 Å². The Labute approximate surface area is 160 Å². The van der Waals surface area contributed by atoms with E-state index in [0.717, 1.165) is 25.9 Å². The minimum absolute atomic E-state index is 0.120. The maximum atomic E-state index is 12.8. The molecule has 0 aromatic rings. The molecular formula is C20H30N4O3. The van der Waals surface area contributed by atoms with Gasteiger partial charge in [-0.1, -0.05) is 0 Å². The summed E-state index contributed by atoms with van der Waals surface area (Å²) in [4.78, 5) is 40.5. The van der Waals surface area contributed by atoms with Gasteiger partial charge in [0.05, 0.1) is 5.92 Å². The molecule has 4 atom stereocenters. The van der Waals surface area contributed by atoms with Crippen molar-refractivity contribution in [2.45, 2.75) is 44.6 Å². The summed E-state index contributed by atoms with van der Waals surface area (Å²) in [7, 11) is 0. The molecule has 2 saturated heterocycles. The fourth-order valence-corrected chi connectivity index (χ4v) is 5.54. The Balaban J connectivity index is 1.11. The van der Waals surface area contributed by atoms with Crippen LogP contribution in [0.1, 0.15) is 38.5 Å². The van der Waals surface area contributed by atoms with Gasteiger partial charge in [0.15, 0.2) is 0 Å². The first-order valence-corrected chi connectivity index (χ1v) is 10.7. The highest BCUT2D eigenvalue weighted by Crippen LogP contribution is 2.51. The molecule has 5 rings (SSSR count). The number of fused-ring (bicyclic) bond motifs is 1. The fourth-order valence-electron chi connectivity index (χ4n) is 5.54. The van der Waals surface area contributed by atoms with Crippen molar-refractivity contribution in [2.24, 2.45) is 41.2 Å². The molecule has 5 aliphatic rings.